The molecule has 0 saturated heterocycles. The van der Waals surface area contributed by atoms with Crippen molar-refractivity contribution in [2.75, 3.05) is 39.3 Å². The van der Waals surface area contributed by atoms with Crippen molar-refractivity contribution < 1.29 is 0 Å². The summed E-state index contributed by atoms with van der Waals surface area (Å²) >= 11 is 0. The average molecular weight is 228 g/mol. The van der Waals surface area contributed by atoms with Crippen LogP contribution in [-0.2, 0) is 0 Å². The first-order valence-corrected chi connectivity index (χ1v) is 6.52. The molecule has 0 aromatic carbocycles. The summed E-state index contributed by atoms with van der Waals surface area (Å²) in [5, 5.41) is 6.45. The van der Waals surface area contributed by atoms with Crippen molar-refractivity contribution in [1.82, 2.24) is 15.5 Å². The van der Waals surface area contributed by atoms with E-state index < -0.39 is 0 Å². The molecule has 0 amide bonds. The predicted octanol–water partition coefficient (Wildman–Crippen LogP) is 1.29. The highest BCUT2D eigenvalue weighted by atomic mass is 15.2. The SMILES string of the molecule is CCNC(=NCCCN(CC)CC)NCC. The highest BCUT2D eigenvalue weighted by Gasteiger charge is 1.98. The second-order valence-corrected chi connectivity index (χ2v) is 3.67. The highest BCUT2D eigenvalue weighted by molar-refractivity contribution is 5.79. The van der Waals surface area contributed by atoms with Crippen LogP contribution in [-0.4, -0.2) is 50.1 Å². The Morgan fingerprint density at radius 3 is 2.00 bits per heavy atom. The van der Waals surface area contributed by atoms with Gasteiger partial charge in [0.15, 0.2) is 5.96 Å². The van der Waals surface area contributed by atoms with Crippen LogP contribution in [0.3, 0.4) is 0 Å². The van der Waals surface area contributed by atoms with Crippen LogP contribution >= 0.6 is 0 Å². The van der Waals surface area contributed by atoms with E-state index >= 15 is 0 Å². The summed E-state index contributed by atoms with van der Waals surface area (Å²) in [5.41, 5.74) is 0. The van der Waals surface area contributed by atoms with Crippen molar-refractivity contribution in [2.24, 2.45) is 4.99 Å². The molecule has 0 fully saturated rings. The fourth-order valence-corrected chi connectivity index (χ4v) is 1.53. The topological polar surface area (TPSA) is 39.7 Å². The lowest BCUT2D eigenvalue weighted by molar-refractivity contribution is 0.302. The van der Waals surface area contributed by atoms with Gasteiger partial charge in [0.05, 0.1) is 0 Å². The first-order valence-electron chi connectivity index (χ1n) is 6.52. The van der Waals surface area contributed by atoms with E-state index in [-0.39, 0.29) is 0 Å². The lowest BCUT2D eigenvalue weighted by Crippen LogP contribution is -2.37. The molecular formula is C12H28N4. The standard InChI is InChI=1S/C12H28N4/c1-5-13-12(14-6-2)15-10-9-11-16(7-3)8-4/h5-11H2,1-4H3,(H2,13,14,15). The molecule has 0 aromatic heterocycles. The largest absolute Gasteiger partial charge is 0.357 e. The number of guanidine groups is 1. The Kier molecular flexibility index (Phi) is 10.2. The van der Waals surface area contributed by atoms with Crippen molar-refractivity contribution in [2.45, 2.75) is 34.1 Å². The van der Waals surface area contributed by atoms with Gasteiger partial charge in [-0.15, -0.1) is 0 Å². The monoisotopic (exact) mass is 228 g/mol. The summed E-state index contributed by atoms with van der Waals surface area (Å²) < 4.78 is 0. The molecule has 16 heavy (non-hydrogen) atoms. The van der Waals surface area contributed by atoms with Gasteiger partial charge in [-0.3, -0.25) is 4.99 Å². The van der Waals surface area contributed by atoms with Gasteiger partial charge >= 0.3 is 0 Å². The van der Waals surface area contributed by atoms with Crippen LogP contribution in [0.2, 0.25) is 0 Å². The van der Waals surface area contributed by atoms with E-state index in [1.807, 2.05) is 0 Å². The molecule has 0 bridgehead atoms. The molecule has 0 aromatic rings. The lowest BCUT2D eigenvalue weighted by atomic mass is 10.4. The van der Waals surface area contributed by atoms with Crippen LogP contribution in [0.1, 0.15) is 34.1 Å². The van der Waals surface area contributed by atoms with Gasteiger partial charge in [0.25, 0.3) is 0 Å². The maximum atomic E-state index is 4.51. The smallest absolute Gasteiger partial charge is 0.191 e. The third-order valence-electron chi connectivity index (χ3n) is 2.49. The van der Waals surface area contributed by atoms with Crippen LogP contribution < -0.4 is 10.6 Å². The van der Waals surface area contributed by atoms with E-state index in [1.54, 1.807) is 0 Å². The third kappa shape index (κ3) is 7.51. The molecule has 0 unspecified atom stereocenters. The molecule has 0 radical (unpaired) electrons. The molecule has 0 aliphatic carbocycles. The molecule has 2 N–H and O–H groups in total. The van der Waals surface area contributed by atoms with Crippen LogP contribution in [0, 0.1) is 0 Å². The van der Waals surface area contributed by atoms with E-state index in [2.05, 4.69) is 48.2 Å². The Bertz CT molecular complexity index is 168. The first-order chi connectivity index (χ1) is 7.78. The van der Waals surface area contributed by atoms with Gasteiger partial charge in [-0.1, -0.05) is 13.8 Å². The second-order valence-electron chi connectivity index (χ2n) is 3.67. The number of aliphatic imine (C=N–C) groups is 1. The van der Waals surface area contributed by atoms with Crippen molar-refractivity contribution in [1.29, 1.82) is 0 Å². The predicted molar refractivity (Wildman–Crippen MR) is 72.1 cm³/mol. The van der Waals surface area contributed by atoms with Gasteiger partial charge < -0.3 is 15.5 Å². The molecule has 0 rings (SSSR count). The summed E-state index contributed by atoms with van der Waals surface area (Å²) in [5.74, 6) is 0.935. The molecule has 0 heterocycles. The van der Waals surface area contributed by atoms with Gasteiger partial charge in [0.2, 0.25) is 0 Å². The number of rotatable bonds is 8. The molecule has 4 nitrogen and oxygen atoms in total. The summed E-state index contributed by atoms with van der Waals surface area (Å²) in [6, 6.07) is 0. The van der Waals surface area contributed by atoms with Crippen molar-refractivity contribution >= 4 is 5.96 Å². The summed E-state index contributed by atoms with van der Waals surface area (Å²) in [6.45, 7) is 14.7. The molecular weight excluding hydrogens is 200 g/mol. The number of hydrogen-bond acceptors (Lipinski definition) is 2. The Hall–Kier alpha value is -0.770. The molecule has 0 atom stereocenters. The second kappa shape index (κ2) is 10.7. The molecule has 0 spiro atoms. The normalized spacial score (nSPS) is 10.3. The number of nitrogens with one attached hydrogen (secondary N) is 2. The van der Waals surface area contributed by atoms with E-state index in [1.165, 1.54) is 0 Å². The zero-order chi connectivity index (χ0) is 12.2. The Balaban J connectivity index is 3.76. The van der Waals surface area contributed by atoms with E-state index in [9.17, 15) is 0 Å². The van der Waals surface area contributed by atoms with Crippen LogP contribution in [0.5, 0.6) is 0 Å². The van der Waals surface area contributed by atoms with Crippen molar-refractivity contribution in [3.63, 3.8) is 0 Å². The molecule has 0 aliphatic rings. The van der Waals surface area contributed by atoms with Crippen LogP contribution in [0.25, 0.3) is 0 Å². The number of hydrogen-bond donors (Lipinski definition) is 2. The first kappa shape index (κ1) is 15.2. The fourth-order valence-electron chi connectivity index (χ4n) is 1.53. The zero-order valence-electron chi connectivity index (χ0n) is 11.3. The van der Waals surface area contributed by atoms with Gasteiger partial charge in [-0.2, -0.15) is 0 Å². The fraction of sp³-hybridized carbons (Fsp3) is 0.917. The maximum Gasteiger partial charge on any atom is 0.191 e. The van der Waals surface area contributed by atoms with Gasteiger partial charge in [-0.25, -0.2) is 0 Å². The van der Waals surface area contributed by atoms with E-state index in [0.29, 0.717) is 0 Å². The van der Waals surface area contributed by atoms with Crippen LogP contribution in [0.15, 0.2) is 4.99 Å². The minimum atomic E-state index is 0.895. The Labute approximate surface area is 101 Å². The zero-order valence-corrected chi connectivity index (χ0v) is 11.3. The van der Waals surface area contributed by atoms with E-state index in [4.69, 9.17) is 0 Å². The molecule has 4 heteroatoms. The van der Waals surface area contributed by atoms with Gasteiger partial charge in [0, 0.05) is 19.6 Å². The Morgan fingerprint density at radius 2 is 1.56 bits per heavy atom. The van der Waals surface area contributed by atoms with E-state index in [0.717, 1.165) is 51.6 Å². The molecule has 0 saturated carbocycles. The molecule has 96 valence electrons. The number of nitrogens with zero attached hydrogens (tertiary/aromatic N) is 2. The third-order valence-corrected chi connectivity index (χ3v) is 2.49. The summed E-state index contributed by atoms with van der Waals surface area (Å²) in [4.78, 5) is 6.94. The summed E-state index contributed by atoms with van der Waals surface area (Å²) in [7, 11) is 0. The van der Waals surface area contributed by atoms with Gasteiger partial charge in [0.1, 0.15) is 0 Å². The van der Waals surface area contributed by atoms with Crippen molar-refractivity contribution in [3.05, 3.63) is 0 Å². The maximum absolute atomic E-state index is 4.51. The van der Waals surface area contributed by atoms with Crippen LogP contribution in [0.4, 0.5) is 0 Å². The quantitative estimate of drug-likeness (QED) is 0.374. The summed E-state index contributed by atoms with van der Waals surface area (Å²) in [6.07, 6.45) is 1.13. The Morgan fingerprint density at radius 1 is 1.00 bits per heavy atom. The average Bonchev–Trinajstić information content (AvgIpc) is 2.30. The molecule has 0 aliphatic heterocycles. The lowest BCUT2D eigenvalue weighted by Gasteiger charge is -2.17. The minimum Gasteiger partial charge on any atom is -0.357 e. The van der Waals surface area contributed by atoms with Crippen molar-refractivity contribution in [3.8, 4) is 0 Å². The van der Waals surface area contributed by atoms with Gasteiger partial charge in [-0.05, 0) is 39.9 Å². The highest BCUT2D eigenvalue weighted by Crippen LogP contribution is 1.91. The minimum absolute atomic E-state index is 0.895.